The molecule has 0 saturated heterocycles. The maximum absolute atomic E-state index is 12.8. The molecule has 2 heterocycles. The summed E-state index contributed by atoms with van der Waals surface area (Å²) in [4.78, 5) is 55.9. The maximum atomic E-state index is 12.8. The third kappa shape index (κ3) is 7.45. The molecule has 0 spiro atoms. The van der Waals surface area contributed by atoms with Crippen LogP contribution in [0.2, 0.25) is 0 Å². The van der Waals surface area contributed by atoms with Crippen LogP contribution in [0.1, 0.15) is 51.4 Å². The number of hydrogen-bond acceptors (Lipinski definition) is 10. The molecule has 0 radical (unpaired) electrons. The fourth-order valence-corrected chi connectivity index (χ4v) is 7.74. The van der Waals surface area contributed by atoms with Crippen molar-refractivity contribution in [2.24, 2.45) is 10.9 Å². The Balaban J connectivity index is 1.44. The molecule has 3 aromatic rings. The van der Waals surface area contributed by atoms with Gasteiger partial charge in [0.05, 0.1) is 53.7 Å². The second-order valence-electron chi connectivity index (χ2n) is 9.50. The second-order valence-corrected chi connectivity index (χ2v) is 12.6. The lowest BCUT2D eigenvalue weighted by molar-refractivity contribution is -0.115. The number of carbonyl (C=O) groups excluding carboxylic acids is 4. The van der Waals surface area contributed by atoms with Crippen molar-refractivity contribution in [1.29, 1.82) is 0 Å². The number of thiophene rings is 1. The molecule has 41 heavy (non-hydrogen) atoms. The minimum Gasteiger partial charge on any atom is -0.465 e. The van der Waals surface area contributed by atoms with Gasteiger partial charge in [-0.05, 0) is 55.9 Å². The Hall–Kier alpha value is -3.00. The second kappa shape index (κ2) is 14.3. The minimum atomic E-state index is -0.450. The summed E-state index contributed by atoms with van der Waals surface area (Å²) in [7, 11) is 2.66. The average Bonchev–Trinajstić information content (AvgIpc) is 3.48. The third-order valence-electron chi connectivity index (χ3n) is 6.60. The van der Waals surface area contributed by atoms with E-state index in [4.69, 9.17) is 14.2 Å². The molecule has 0 saturated carbocycles. The molecule has 10 nitrogen and oxygen atoms in total. The van der Waals surface area contributed by atoms with Gasteiger partial charge < -0.3 is 24.1 Å². The molecule has 13 heteroatoms. The van der Waals surface area contributed by atoms with Crippen LogP contribution in [0.25, 0.3) is 10.2 Å². The van der Waals surface area contributed by atoms with Crippen LogP contribution < -0.4 is 10.1 Å². The molecular weight excluding hydrogens is 587 g/mol. The molecule has 0 fully saturated rings. The number of fused-ring (bicyclic) bond motifs is 2. The molecule has 0 bridgehead atoms. The van der Waals surface area contributed by atoms with Gasteiger partial charge in [-0.3, -0.25) is 9.59 Å². The number of esters is 2. The first-order valence-electron chi connectivity index (χ1n) is 13.2. The normalized spacial score (nSPS) is 15.0. The molecule has 1 atom stereocenters. The summed E-state index contributed by atoms with van der Waals surface area (Å²) in [6.07, 6.45) is 2.64. The van der Waals surface area contributed by atoms with E-state index < -0.39 is 11.9 Å². The summed E-state index contributed by atoms with van der Waals surface area (Å²) in [6.45, 7) is 5.57. The van der Waals surface area contributed by atoms with Gasteiger partial charge in [-0.2, -0.15) is 4.99 Å². The van der Waals surface area contributed by atoms with Crippen LogP contribution in [-0.4, -0.2) is 67.3 Å². The summed E-state index contributed by atoms with van der Waals surface area (Å²) in [5, 5.41) is 3.36. The molecule has 2 aromatic heterocycles. The Morgan fingerprint density at radius 1 is 1.12 bits per heavy atom. The summed E-state index contributed by atoms with van der Waals surface area (Å²) >= 11 is 3.87. The van der Waals surface area contributed by atoms with Crippen LogP contribution >= 0.6 is 34.4 Å². The van der Waals surface area contributed by atoms with Gasteiger partial charge in [0.15, 0.2) is 4.80 Å². The van der Waals surface area contributed by atoms with Crippen molar-refractivity contribution in [1.82, 2.24) is 4.57 Å². The number of nitrogens with zero attached hydrogens (tertiary/aromatic N) is 2. The van der Waals surface area contributed by atoms with E-state index in [0.29, 0.717) is 46.6 Å². The number of anilines is 1. The summed E-state index contributed by atoms with van der Waals surface area (Å²) in [5.41, 5.74) is 2.65. The number of aromatic nitrogens is 1. The highest BCUT2D eigenvalue weighted by atomic mass is 32.2. The fourth-order valence-electron chi connectivity index (χ4n) is 4.61. The first-order chi connectivity index (χ1) is 19.7. The third-order valence-corrected chi connectivity index (χ3v) is 9.73. The summed E-state index contributed by atoms with van der Waals surface area (Å²) in [6, 6.07) is 5.20. The smallest absolute Gasteiger partial charge is 0.341 e. The molecule has 0 aliphatic heterocycles. The van der Waals surface area contributed by atoms with E-state index in [1.165, 1.54) is 36.9 Å². The monoisotopic (exact) mass is 619 g/mol. The van der Waals surface area contributed by atoms with E-state index in [9.17, 15) is 19.2 Å². The minimum absolute atomic E-state index is 0.00283. The Bertz CT molecular complexity index is 1520. The first kappa shape index (κ1) is 30.9. The van der Waals surface area contributed by atoms with Gasteiger partial charge in [0.1, 0.15) is 5.00 Å². The van der Waals surface area contributed by atoms with Crippen molar-refractivity contribution >= 4 is 73.4 Å². The van der Waals surface area contributed by atoms with E-state index >= 15 is 0 Å². The van der Waals surface area contributed by atoms with Crippen molar-refractivity contribution in [3.8, 4) is 0 Å². The van der Waals surface area contributed by atoms with Crippen LogP contribution in [0.5, 0.6) is 0 Å². The molecule has 2 amide bonds. The lowest BCUT2D eigenvalue weighted by Crippen LogP contribution is -2.21. The van der Waals surface area contributed by atoms with Gasteiger partial charge in [-0.15, -0.1) is 23.1 Å². The van der Waals surface area contributed by atoms with E-state index in [-0.39, 0.29) is 23.3 Å². The number of methoxy groups -OCH3 is 2. The molecular formula is C28H33N3O7S3. The fraction of sp³-hybridized carbons (Fsp3) is 0.464. The molecule has 220 valence electrons. The van der Waals surface area contributed by atoms with E-state index in [2.05, 4.69) is 17.2 Å². The number of rotatable bonds is 11. The van der Waals surface area contributed by atoms with Crippen LogP contribution in [-0.2, 0) is 43.2 Å². The zero-order chi connectivity index (χ0) is 29.5. The van der Waals surface area contributed by atoms with Crippen LogP contribution in [0.15, 0.2) is 23.2 Å². The predicted molar refractivity (Wildman–Crippen MR) is 161 cm³/mol. The zero-order valence-electron chi connectivity index (χ0n) is 23.4. The predicted octanol–water partition coefficient (Wildman–Crippen LogP) is 4.30. The zero-order valence-corrected chi connectivity index (χ0v) is 25.9. The number of amides is 2. The summed E-state index contributed by atoms with van der Waals surface area (Å²) < 4.78 is 18.0. The number of ether oxygens (including phenoxy) is 3. The average molecular weight is 620 g/mol. The maximum Gasteiger partial charge on any atom is 0.341 e. The Morgan fingerprint density at radius 2 is 1.90 bits per heavy atom. The van der Waals surface area contributed by atoms with Gasteiger partial charge in [-0.25, -0.2) is 9.59 Å². The SMILES string of the molecule is CCOCCn1c(=NC(=O)CSCC(=O)Nc2sc3c(c2C(=O)OC)CCC(C)C3)sc2cc(C(=O)OC)ccc21. The number of hydrogen-bond donors (Lipinski definition) is 1. The number of nitrogens with one attached hydrogen (secondary N) is 1. The van der Waals surface area contributed by atoms with E-state index in [1.807, 2.05) is 11.5 Å². The molecule has 4 rings (SSSR count). The highest BCUT2D eigenvalue weighted by Crippen LogP contribution is 2.40. The van der Waals surface area contributed by atoms with E-state index in [0.717, 1.165) is 51.7 Å². The van der Waals surface area contributed by atoms with Gasteiger partial charge in [0, 0.05) is 18.0 Å². The first-order valence-corrected chi connectivity index (χ1v) is 16.0. The molecule has 1 aliphatic carbocycles. The Kier molecular flexibility index (Phi) is 10.8. The van der Waals surface area contributed by atoms with Gasteiger partial charge in [0.2, 0.25) is 5.91 Å². The van der Waals surface area contributed by atoms with Gasteiger partial charge in [0.25, 0.3) is 5.91 Å². The molecule has 1 aliphatic rings. The van der Waals surface area contributed by atoms with Crippen LogP contribution in [0, 0.1) is 5.92 Å². The number of benzene rings is 1. The Labute approximate surface area is 250 Å². The number of thioether (sulfide) groups is 1. The van der Waals surface area contributed by atoms with E-state index in [1.54, 1.807) is 18.2 Å². The van der Waals surface area contributed by atoms with Crippen molar-refractivity contribution in [3.05, 3.63) is 44.6 Å². The van der Waals surface area contributed by atoms with Crippen molar-refractivity contribution in [3.63, 3.8) is 0 Å². The largest absolute Gasteiger partial charge is 0.465 e. The molecule has 1 N–H and O–H groups in total. The van der Waals surface area contributed by atoms with Gasteiger partial charge >= 0.3 is 11.9 Å². The van der Waals surface area contributed by atoms with Crippen LogP contribution in [0.3, 0.4) is 0 Å². The van der Waals surface area contributed by atoms with Gasteiger partial charge in [-0.1, -0.05) is 18.3 Å². The topological polar surface area (TPSA) is 125 Å². The molecule has 1 aromatic carbocycles. The highest BCUT2D eigenvalue weighted by Gasteiger charge is 2.29. The number of thiazole rings is 1. The quantitative estimate of drug-likeness (QED) is 0.249. The van der Waals surface area contributed by atoms with Crippen molar-refractivity contribution in [2.45, 2.75) is 39.7 Å². The molecule has 1 unspecified atom stereocenters. The lowest BCUT2D eigenvalue weighted by Gasteiger charge is -2.18. The van der Waals surface area contributed by atoms with Crippen LogP contribution in [0.4, 0.5) is 5.00 Å². The standard InChI is InChI=1S/C28H33N3O7S3/c1-5-38-11-10-31-19-9-7-17(26(34)36-3)13-21(19)41-28(31)30-23(33)15-39-14-22(32)29-25-24(27(35)37-4)18-8-6-16(2)12-20(18)40-25/h7,9,13,16H,5-6,8,10-12,14-15H2,1-4H3,(H,29,32). The van der Waals surface area contributed by atoms with Crippen molar-refractivity contribution in [2.75, 3.05) is 44.3 Å². The summed E-state index contributed by atoms with van der Waals surface area (Å²) in [5.74, 6) is -1.03. The Morgan fingerprint density at radius 3 is 2.63 bits per heavy atom. The highest BCUT2D eigenvalue weighted by molar-refractivity contribution is 8.00. The lowest BCUT2D eigenvalue weighted by atomic mass is 9.88. The number of carbonyl (C=O) groups is 4. The van der Waals surface area contributed by atoms with Crippen molar-refractivity contribution < 1.29 is 33.4 Å².